The van der Waals surface area contributed by atoms with E-state index in [4.69, 9.17) is 4.74 Å². The van der Waals surface area contributed by atoms with Crippen molar-refractivity contribution in [3.05, 3.63) is 35.1 Å². The van der Waals surface area contributed by atoms with Crippen LogP contribution in [0.1, 0.15) is 30.9 Å². The number of hydrogen-bond donors (Lipinski definition) is 1. The molecular formula is C18H25FN2O3. The average molecular weight is 336 g/mol. The Morgan fingerprint density at radius 2 is 2.21 bits per heavy atom. The molecule has 6 heteroatoms. The summed E-state index contributed by atoms with van der Waals surface area (Å²) in [5, 5.41) is 2.84. The van der Waals surface area contributed by atoms with Crippen molar-refractivity contribution in [3.63, 3.8) is 0 Å². The van der Waals surface area contributed by atoms with E-state index < -0.39 is 0 Å². The average Bonchev–Trinajstić information content (AvgIpc) is 2.56. The molecule has 0 saturated carbocycles. The molecule has 132 valence electrons. The second-order valence-electron chi connectivity index (χ2n) is 6.19. The number of piperidine rings is 1. The molecule has 2 rings (SSSR count). The van der Waals surface area contributed by atoms with Crippen molar-refractivity contribution in [1.29, 1.82) is 0 Å². The number of halogens is 1. The lowest BCUT2D eigenvalue weighted by atomic mass is 9.98. The van der Waals surface area contributed by atoms with Crippen molar-refractivity contribution < 1.29 is 18.7 Å². The number of esters is 1. The Morgan fingerprint density at radius 1 is 1.42 bits per heavy atom. The van der Waals surface area contributed by atoms with E-state index in [1.54, 1.807) is 26.0 Å². The lowest BCUT2D eigenvalue weighted by molar-refractivity contribution is -0.150. The van der Waals surface area contributed by atoms with Crippen LogP contribution in [0.2, 0.25) is 0 Å². The van der Waals surface area contributed by atoms with Gasteiger partial charge in [-0.2, -0.15) is 0 Å². The first-order valence-corrected chi connectivity index (χ1v) is 8.40. The molecule has 1 unspecified atom stereocenters. The number of likely N-dealkylation sites (tertiary alicyclic amines) is 1. The van der Waals surface area contributed by atoms with Crippen LogP contribution in [-0.4, -0.2) is 43.0 Å². The largest absolute Gasteiger partial charge is 0.466 e. The maximum atomic E-state index is 13.2. The molecule has 1 saturated heterocycles. The molecule has 1 fully saturated rings. The number of aryl methyl sites for hydroxylation is 1. The van der Waals surface area contributed by atoms with Gasteiger partial charge in [0, 0.05) is 13.1 Å². The zero-order chi connectivity index (χ0) is 17.5. The Bertz CT molecular complexity index is 592. The molecule has 0 radical (unpaired) electrons. The number of ether oxygens (including phenoxy) is 1. The summed E-state index contributed by atoms with van der Waals surface area (Å²) in [6, 6.07) is 4.80. The SMILES string of the molecule is CCOC(=O)C1CCCN(CC(=O)NCc2ccc(F)c(C)c2)C1. The van der Waals surface area contributed by atoms with Gasteiger partial charge in [0.15, 0.2) is 0 Å². The number of carbonyl (C=O) groups excluding carboxylic acids is 2. The molecule has 1 atom stereocenters. The van der Waals surface area contributed by atoms with E-state index in [0.29, 0.717) is 25.3 Å². The van der Waals surface area contributed by atoms with Gasteiger partial charge in [-0.1, -0.05) is 12.1 Å². The summed E-state index contributed by atoms with van der Waals surface area (Å²) in [7, 11) is 0. The van der Waals surface area contributed by atoms with E-state index in [9.17, 15) is 14.0 Å². The molecule has 0 bridgehead atoms. The van der Waals surface area contributed by atoms with Gasteiger partial charge in [-0.3, -0.25) is 14.5 Å². The van der Waals surface area contributed by atoms with Crippen LogP contribution in [-0.2, 0) is 20.9 Å². The van der Waals surface area contributed by atoms with Crippen LogP contribution in [0.3, 0.4) is 0 Å². The van der Waals surface area contributed by atoms with Gasteiger partial charge in [0.2, 0.25) is 5.91 Å². The van der Waals surface area contributed by atoms with Gasteiger partial charge >= 0.3 is 5.97 Å². The van der Waals surface area contributed by atoms with E-state index in [1.807, 2.05) is 4.90 Å². The minimum absolute atomic E-state index is 0.0958. The number of benzene rings is 1. The van der Waals surface area contributed by atoms with E-state index in [1.165, 1.54) is 6.07 Å². The van der Waals surface area contributed by atoms with E-state index in [0.717, 1.165) is 24.9 Å². The fraction of sp³-hybridized carbons (Fsp3) is 0.556. The second kappa shape index (κ2) is 8.78. The summed E-state index contributed by atoms with van der Waals surface area (Å²) >= 11 is 0. The van der Waals surface area contributed by atoms with Gasteiger partial charge in [-0.05, 0) is 50.4 Å². The van der Waals surface area contributed by atoms with E-state index >= 15 is 0 Å². The van der Waals surface area contributed by atoms with Gasteiger partial charge in [0.05, 0.1) is 19.1 Å². The molecule has 24 heavy (non-hydrogen) atoms. The third-order valence-electron chi connectivity index (χ3n) is 4.20. The quantitative estimate of drug-likeness (QED) is 0.808. The van der Waals surface area contributed by atoms with Crippen molar-refractivity contribution in [2.45, 2.75) is 33.2 Å². The molecular weight excluding hydrogens is 311 g/mol. The number of nitrogens with zero attached hydrogens (tertiary/aromatic N) is 1. The predicted octanol–water partition coefficient (Wildman–Crippen LogP) is 2.03. The highest BCUT2D eigenvalue weighted by Gasteiger charge is 2.27. The fourth-order valence-corrected chi connectivity index (χ4v) is 2.93. The van der Waals surface area contributed by atoms with Crippen molar-refractivity contribution in [1.82, 2.24) is 10.2 Å². The summed E-state index contributed by atoms with van der Waals surface area (Å²) < 4.78 is 18.3. The van der Waals surface area contributed by atoms with Crippen LogP contribution in [0, 0.1) is 18.7 Å². The molecule has 0 aromatic heterocycles. The van der Waals surface area contributed by atoms with Crippen molar-refractivity contribution in [2.24, 2.45) is 5.92 Å². The predicted molar refractivity (Wildman–Crippen MR) is 88.8 cm³/mol. The number of carbonyl (C=O) groups is 2. The first kappa shape index (κ1) is 18.4. The monoisotopic (exact) mass is 336 g/mol. The lowest BCUT2D eigenvalue weighted by Gasteiger charge is -2.30. The first-order chi connectivity index (χ1) is 11.5. The third-order valence-corrected chi connectivity index (χ3v) is 4.20. The molecule has 1 heterocycles. The molecule has 5 nitrogen and oxygen atoms in total. The smallest absolute Gasteiger partial charge is 0.310 e. The van der Waals surface area contributed by atoms with Crippen molar-refractivity contribution >= 4 is 11.9 Å². The van der Waals surface area contributed by atoms with Gasteiger partial charge in [0.1, 0.15) is 5.82 Å². The molecule has 0 spiro atoms. The molecule has 1 aromatic rings. The van der Waals surface area contributed by atoms with Crippen LogP contribution in [0.25, 0.3) is 0 Å². The molecule has 0 aliphatic carbocycles. The maximum Gasteiger partial charge on any atom is 0.310 e. The molecule has 1 aliphatic rings. The molecule has 1 aliphatic heterocycles. The summed E-state index contributed by atoms with van der Waals surface area (Å²) in [5.41, 5.74) is 1.43. The highest BCUT2D eigenvalue weighted by molar-refractivity contribution is 5.78. The van der Waals surface area contributed by atoms with E-state index in [2.05, 4.69) is 5.32 Å². The highest BCUT2D eigenvalue weighted by atomic mass is 19.1. The summed E-state index contributed by atoms with van der Waals surface area (Å²) in [6.07, 6.45) is 1.69. The fourth-order valence-electron chi connectivity index (χ4n) is 2.93. The Hall–Kier alpha value is -1.95. The number of hydrogen-bond acceptors (Lipinski definition) is 4. The topological polar surface area (TPSA) is 58.6 Å². The van der Waals surface area contributed by atoms with Crippen LogP contribution >= 0.6 is 0 Å². The standard InChI is InChI=1S/C18H25FN2O3/c1-3-24-18(23)15-5-4-8-21(11-15)12-17(22)20-10-14-6-7-16(19)13(2)9-14/h6-7,9,15H,3-5,8,10-12H2,1-2H3,(H,20,22). The summed E-state index contributed by atoms with van der Waals surface area (Å²) in [5.74, 6) is -0.666. The van der Waals surface area contributed by atoms with Crippen LogP contribution in [0.15, 0.2) is 18.2 Å². The summed E-state index contributed by atoms with van der Waals surface area (Å²) in [6.45, 7) is 5.87. The Kier molecular flexibility index (Phi) is 6.73. The minimum Gasteiger partial charge on any atom is -0.466 e. The second-order valence-corrected chi connectivity index (χ2v) is 6.19. The highest BCUT2D eigenvalue weighted by Crippen LogP contribution is 2.17. The number of amides is 1. The zero-order valence-electron chi connectivity index (χ0n) is 14.3. The van der Waals surface area contributed by atoms with Gasteiger partial charge in [-0.15, -0.1) is 0 Å². The Labute approximate surface area is 142 Å². The number of rotatable bonds is 6. The van der Waals surface area contributed by atoms with Crippen LogP contribution in [0.5, 0.6) is 0 Å². The van der Waals surface area contributed by atoms with Crippen LogP contribution < -0.4 is 5.32 Å². The Balaban J connectivity index is 1.79. The van der Waals surface area contributed by atoms with Gasteiger partial charge < -0.3 is 10.1 Å². The van der Waals surface area contributed by atoms with Gasteiger partial charge in [-0.25, -0.2) is 4.39 Å². The number of nitrogens with one attached hydrogen (secondary N) is 1. The third kappa shape index (κ3) is 5.30. The minimum atomic E-state index is -0.247. The normalized spacial score (nSPS) is 18.2. The molecule has 1 aromatic carbocycles. The van der Waals surface area contributed by atoms with Crippen LogP contribution in [0.4, 0.5) is 4.39 Å². The summed E-state index contributed by atoms with van der Waals surface area (Å²) in [4.78, 5) is 25.9. The van der Waals surface area contributed by atoms with Gasteiger partial charge in [0.25, 0.3) is 0 Å². The van der Waals surface area contributed by atoms with E-state index in [-0.39, 0.29) is 30.2 Å². The Morgan fingerprint density at radius 3 is 2.92 bits per heavy atom. The molecule has 1 N–H and O–H groups in total. The lowest BCUT2D eigenvalue weighted by Crippen LogP contribution is -2.44. The molecule has 1 amide bonds. The first-order valence-electron chi connectivity index (χ1n) is 8.40. The van der Waals surface area contributed by atoms with Crippen molar-refractivity contribution in [3.8, 4) is 0 Å². The maximum absolute atomic E-state index is 13.2. The zero-order valence-corrected chi connectivity index (χ0v) is 14.3. The van der Waals surface area contributed by atoms with Crippen molar-refractivity contribution in [2.75, 3.05) is 26.2 Å².